The van der Waals surface area contributed by atoms with Crippen LogP contribution in [0.25, 0.3) is 27.5 Å². The highest BCUT2D eigenvalue weighted by Crippen LogP contribution is 2.25. The van der Waals surface area contributed by atoms with E-state index in [0.29, 0.717) is 0 Å². The zero-order chi connectivity index (χ0) is 19.3. The van der Waals surface area contributed by atoms with E-state index in [2.05, 4.69) is 63.7 Å². The van der Waals surface area contributed by atoms with Gasteiger partial charge in [0.2, 0.25) is 0 Å². The first-order chi connectivity index (χ1) is 13.6. The Morgan fingerprint density at radius 3 is 2.61 bits per heavy atom. The van der Waals surface area contributed by atoms with E-state index in [1.165, 1.54) is 22.0 Å². The number of rotatable bonds is 3. The Labute approximate surface area is 163 Å². The molecule has 0 spiro atoms. The lowest BCUT2D eigenvalue weighted by molar-refractivity contribution is 0.842. The molecule has 4 heterocycles. The van der Waals surface area contributed by atoms with E-state index in [1.807, 2.05) is 25.3 Å². The second kappa shape index (κ2) is 6.37. The molecule has 0 saturated carbocycles. The van der Waals surface area contributed by atoms with Gasteiger partial charge in [-0.15, -0.1) is 0 Å². The number of hydrogen-bond donors (Lipinski definition) is 0. The first kappa shape index (κ1) is 16.8. The van der Waals surface area contributed by atoms with Crippen LogP contribution < -0.4 is 0 Å². The lowest BCUT2D eigenvalue weighted by atomic mass is 10.1. The van der Waals surface area contributed by atoms with Crippen molar-refractivity contribution in [2.24, 2.45) is 0 Å². The van der Waals surface area contributed by atoms with Crippen LogP contribution in [0, 0.1) is 20.8 Å². The summed E-state index contributed by atoms with van der Waals surface area (Å²) in [5, 5.41) is 2.45. The Kier molecular flexibility index (Phi) is 3.83. The fraction of sp³-hybridized carbons (Fsp3) is 0.217. The van der Waals surface area contributed by atoms with Crippen molar-refractivity contribution in [2.45, 2.75) is 33.6 Å². The van der Waals surface area contributed by atoms with Crippen LogP contribution in [0.2, 0.25) is 0 Å². The minimum absolute atomic E-state index is 0.755. The normalized spacial score (nSPS) is 11.7. The summed E-state index contributed by atoms with van der Waals surface area (Å²) < 4.78 is 2.19. The van der Waals surface area contributed by atoms with Gasteiger partial charge in [0.05, 0.1) is 17.4 Å². The molecule has 0 amide bonds. The molecule has 28 heavy (non-hydrogen) atoms. The lowest BCUT2D eigenvalue weighted by Crippen LogP contribution is -2.00. The van der Waals surface area contributed by atoms with Crippen molar-refractivity contribution in [1.82, 2.24) is 24.3 Å². The molecule has 0 unspecified atom stereocenters. The Morgan fingerprint density at radius 1 is 0.821 bits per heavy atom. The number of benzene rings is 1. The summed E-state index contributed by atoms with van der Waals surface area (Å²) in [7, 11) is 0. The molecule has 0 aliphatic carbocycles. The lowest BCUT2D eigenvalue weighted by Gasteiger charge is -2.04. The second-order valence-electron chi connectivity index (χ2n) is 7.33. The zero-order valence-electron chi connectivity index (χ0n) is 16.3. The van der Waals surface area contributed by atoms with Gasteiger partial charge in [-0.2, -0.15) is 0 Å². The fourth-order valence-electron chi connectivity index (χ4n) is 3.83. The molecule has 4 aromatic heterocycles. The third kappa shape index (κ3) is 2.71. The Morgan fingerprint density at radius 2 is 1.71 bits per heavy atom. The molecule has 5 rings (SSSR count). The fourth-order valence-corrected chi connectivity index (χ4v) is 3.83. The summed E-state index contributed by atoms with van der Waals surface area (Å²) in [5.74, 6) is 0.829. The highest BCUT2D eigenvalue weighted by molar-refractivity contribution is 5.96. The van der Waals surface area contributed by atoms with Crippen molar-refractivity contribution in [2.75, 3.05) is 0 Å². The number of fused-ring (bicyclic) bond motifs is 4. The van der Waals surface area contributed by atoms with Crippen LogP contribution in [0.15, 0.2) is 48.8 Å². The Bertz CT molecular complexity index is 1350. The summed E-state index contributed by atoms with van der Waals surface area (Å²) in [5.41, 5.74) is 7.28. The predicted molar refractivity (Wildman–Crippen MR) is 112 cm³/mol. The maximum atomic E-state index is 4.97. The molecule has 138 valence electrons. The summed E-state index contributed by atoms with van der Waals surface area (Å²) in [6.45, 7) is 6.25. The van der Waals surface area contributed by atoms with Gasteiger partial charge in [0.1, 0.15) is 17.0 Å². The van der Waals surface area contributed by atoms with E-state index < -0.39 is 0 Å². The standard InChI is InChI=1S/C23H21N5/c1-14-5-4-6-18-17(14)11-12-28-16(3)19(27-23(18)28)9-10-22-24-13-21-20(26-22)8-7-15(2)25-21/h4-8,11-13H,9-10H2,1-3H3. The van der Waals surface area contributed by atoms with E-state index in [0.717, 1.165) is 46.7 Å². The molecule has 5 heteroatoms. The van der Waals surface area contributed by atoms with Crippen LogP contribution in [0.3, 0.4) is 0 Å². The van der Waals surface area contributed by atoms with Gasteiger partial charge >= 0.3 is 0 Å². The number of pyridine rings is 2. The van der Waals surface area contributed by atoms with Crippen molar-refractivity contribution in [3.63, 3.8) is 0 Å². The van der Waals surface area contributed by atoms with Crippen LogP contribution >= 0.6 is 0 Å². The highest BCUT2D eigenvalue weighted by atomic mass is 15.0. The van der Waals surface area contributed by atoms with Crippen molar-refractivity contribution in [3.05, 3.63) is 77.3 Å². The SMILES string of the molecule is Cc1ccc2nc(CCc3nc4c5cccc(C)c5ccn4c3C)ncc2n1. The number of aromatic nitrogens is 5. The Balaban J connectivity index is 1.50. The minimum Gasteiger partial charge on any atom is -0.304 e. The van der Waals surface area contributed by atoms with Gasteiger partial charge in [-0.05, 0) is 56.3 Å². The van der Waals surface area contributed by atoms with Crippen molar-refractivity contribution in [3.8, 4) is 0 Å². The van der Waals surface area contributed by atoms with E-state index >= 15 is 0 Å². The third-order valence-corrected chi connectivity index (χ3v) is 5.42. The molecule has 5 nitrogen and oxygen atoms in total. The van der Waals surface area contributed by atoms with Gasteiger partial charge in [0.15, 0.2) is 0 Å². The van der Waals surface area contributed by atoms with Gasteiger partial charge in [0.25, 0.3) is 0 Å². The molecule has 0 saturated heterocycles. The molecule has 0 N–H and O–H groups in total. The molecule has 0 atom stereocenters. The molecule has 5 aromatic rings. The topological polar surface area (TPSA) is 56.0 Å². The second-order valence-corrected chi connectivity index (χ2v) is 7.33. The number of nitrogens with zero attached hydrogens (tertiary/aromatic N) is 5. The van der Waals surface area contributed by atoms with Gasteiger partial charge in [-0.1, -0.05) is 18.2 Å². The molecule has 0 radical (unpaired) electrons. The molecule has 1 aromatic carbocycles. The minimum atomic E-state index is 0.755. The highest BCUT2D eigenvalue weighted by Gasteiger charge is 2.12. The summed E-state index contributed by atoms with van der Waals surface area (Å²) in [4.78, 5) is 18.6. The molecular weight excluding hydrogens is 346 g/mol. The molecular formula is C23H21N5. The quantitative estimate of drug-likeness (QED) is 0.470. The number of aryl methyl sites for hydroxylation is 5. The van der Waals surface area contributed by atoms with E-state index in [4.69, 9.17) is 4.98 Å². The first-order valence-electron chi connectivity index (χ1n) is 9.55. The average molecular weight is 367 g/mol. The molecule has 0 aliphatic rings. The van der Waals surface area contributed by atoms with Crippen LogP contribution in [0.4, 0.5) is 0 Å². The summed E-state index contributed by atoms with van der Waals surface area (Å²) >= 11 is 0. The van der Waals surface area contributed by atoms with E-state index in [9.17, 15) is 0 Å². The molecule has 0 fully saturated rings. The van der Waals surface area contributed by atoms with Crippen molar-refractivity contribution < 1.29 is 0 Å². The number of imidazole rings is 1. The van der Waals surface area contributed by atoms with Crippen LogP contribution in [-0.2, 0) is 12.8 Å². The van der Waals surface area contributed by atoms with Crippen molar-refractivity contribution >= 4 is 27.5 Å². The zero-order valence-corrected chi connectivity index (χ0v) is 16.3. The van der Waals surface area contributed by atoms with Gasteiger partial charge < -0.3 is 4.40 Å². The maximum Gasteiger partial charge on any atom is 0.145 e. The van der Waals surface area contributed by atoms with Gasteiger partial charge in [0, 0.05) is 29.4 Å². The van der Waals surface area contributed by atoms with E-state index in [1.54, 1.807) is 0 Å². The van der Waals surface area contributed by atoms with Crippen LogP contribution in [-0.4, -0.2) is 24.3 Å². The maximum absolute atomic E-state index is 4.97. The van der Waals surface area contributed by atoms with Crippen LogP contribution in [0.1, 0.15) is 28.5 Å². The van der Waals surface area contributed by atoms with E-state index in [-0.39, 0.29) is 0 Å². The molecule has 0 aliphatic heterocycles. The monoisotopic (exact) mass is 367 g/mol. The smallest absolute Gasteiger partial charge is 0.145 e. The van der Waals surface area contributed by atoms with Gasteiger partial charge in [-0.3, -0.25) is 0 Å². The van der Waals surface area contributed by atoms with Gasteiger partial charge in [-0.25, -0.2) is 19.9 Å². The average Bonchev–Trinajstić information content (AvgIpc) is 3.03. The largest absolute Gasteiger partial charge is 0.304 e. The predicted octanol–water partition coefficient (Wildman–Crippen LogP) is 4.54. The van der Waals surface area contributed by atoms with Crippen LogP contribution in [0.5, 0.6) is 0 Å². The number of hydrogen-bond acceptors (Lipinski definition) is 4. The molecule has 0 bridgehead atoms. The summed E-state index contributed by atoms with van der Waals surface area (Å²) in [6.07, 6.45) is 5.51. The Hall–Kier alpha value is -3.34. The summed E-state index contributed by atoms with van der Waals surface area (Å²) in [6, 6.07) is 12.6. The van der Waals surface area contributed by atoms with Crippen molar-refractivity contribution in [1.29, 1.82) is 0 Å². The first-order valence-corrected chi connectivity index (χ1v) is 9.55. The third-order valence-electron chi connectivity index (χ3n) is 5.42.